The number of hydrogen-bond donors (Lipinski definition) is 1. The van der Waals surface area contributed by atoms with Crippen molar-refractivity contribution in [1.29, 1.82) is 0 Å². The maximum absolute atomic E-state index is 6.29. The van der Waals surface area contributed by atoms with Gasteiger partial charge in [-0.15, -0.1) is 11.3 Å². The van der Waals surface area contributed by atoms with Gasteiger partial charge < -0.3 is 5.32 Å². The van der Waals surface area contributed by atoms with Gasteiger partial charge in [0, 0.05) is 26.9 Å². The van der Waals surface area contributed by atoms with Crippen molar-refractivity contribution in [2.45, 2.75) is 30.4 Å². The van der Waals surface area contributed by atoms with Crippen LogP contribution in [0.5, 0.6) is 0 Å². The van der Waals surface area contributed by atoms with Crippen LogP contribution in [0.4, 0.5) is 0 Å². The smallest absolute Gasteiger partial charge is 0.0561 e. The summed E-state index contributed by atoms with van der Waals surface area (Å²) < 4.78 is 0. The summed E-state index contributed by atoms with van der Waals surface area (Å²) in [5.74, 6) is 2.53. The van der Waals surface area contributed by atoms with Crippen molar-refractivity contribution in [1.82, 2.24) is 5.32 Å². The number of thioether (sulfide) groups is 2. The minimum absolute atomic E-state index is 0.403. The molecule has 0 spiro atoms. The first-order valence-corrected chi connectivity index (χ1v) is 9.29. The predicted molar refractivity (Wildman–Crippen MR) is 83.9 cm³/mol. The molecule has 3 unspecified atom stereocenters. The fraction of sp³-hybridized carbons (Fsp3) is 0.667. The number of rotatable bonds is 4. The van der Waals surface area contributed by atoms with Crippen molar-refractivity contribution >= 4 is 46.5 Å². The van der Waals surface area contributed by atoms with Gasteiger partial charge >= 0.3 is 0 Å². The van der Waals surface area contributed by atoms with Crippen LogP contribution >= 0.6 is 46.5 Å². The number of hydrogen-bond acceptors (Lipinski definition) is 4. The first-order valence-electron chi connectivity index (χ1n) is 5.93. The summed E-state index contributed by atoms with van der Waals surface area (Å²) >= 11 is 12.2. The van der Waals surface area contributed by atoms with Gasteiger partial charge in [0.15, 0.2) is 0 Å². The molecular weight excluding hydrogens is 290 g/mol. The molecule has 1 aliphatic heterocycles. The maximum atomic E-state index is 6.29. The Morgan fingerprint density at radius 1 is 1.47 bits per heavy atom. The van der Waals surface area contributed by atoms with E-state index < -0.39 is 0 Å². The van der Waals surface area contributed by atoms with Crippen LogP contribution in [0.2, 0.25) is 5.02 Å². The first-order chi connectivity index (χ1) is 8.24. The van der Waals surface area contributed by atoms with Gasteiger partial charge in [-0.3, -0.25) is 0 Å². The van der Waals surface area contributed by atoms with Gasteiger partial charge in [0.1, 0.15) is 0 Å². The Morgan fingerprint density at radius 3 is 2.82 bits per heavy atom. The van der Waals surface area contributed by atoms with Gasteiger partial charge in [0.2, 0.25) is 0 Å². The van der Waals surface area contributed by atoms with E-state index in [0.717, 1.165) is 11.6 Å². The zero-order valence-electron chi connectivity index (χ0n) is 10.1. The zero-order valence-corrected chi connectivity index (χ0v) is 13.3. The molecule has 2 rings (SSSR count). The van der Waals surface area contributed by atoms with E-state index >= 15 is 0 Å². The van der Waals surface area contributed by atoms with E-state index in [2.05, 4.69) is 48.1 Å². The lowest BCUT2D eigenvalue weighted by molar-refractivity contribution is 0.533. The average Bonchev–Trinajstić information content (AvgIpc) is 2.74. The Morgan fingerprint density at radius 2 is 2.24 bits per heavy atom. The lowest BCUT2D eigenvalue weighted by Crippen LogP contribution is -2.37. The van der Waals surface area contributed by atoms with E-state index in [0.29, 0.717) is 16.5 Å². The van der Waals surface area contributed by atoms with E-state index in [1.54, 1.807) is 11.3 Å². The van der Waals surface area contributed by atoms with Gasteiger partial charge in [0.05, 0.1) is 11.1 Å². The molecule has 1 aromatic rings. The van der Waals surface area contributed by atoms with E-state index in [4.69, 9.17) is 11.6 Å². The van der Waals surface area contributed by atoms with Gasteiger partial charge in [0.25, 0.3) is 0 Å². The summed E-state index contributed by atoms with van der Waals surface area (Å²) in [6.45, 7) is 5.50. The van der Waals surface area contributed by atoms with Crippen molar-refractivity contribution in [3.8, 4) is 0 Å². The SMILES string of the molecule is CCNC(c1sccc1Cl)C1SCCSC1C. The van der Waals surface area contributed by atoms with Crippen LogP contribution in [0.15, 0.2) is 11.4 Å². The average molecular weight is 308 g/mol. The van der Waals surface area contributed by atoms with E-state index in [1.165, 1.54) is 16.4 Å². The molecule has 0 radical (unpaired) electrons. The second-order valence-corrected chi connectivity index (χ2v) is 8.21. The monoisotopic (exact) mass is 307 g/mol. The van der Waals surface area contributed by atoms with Crippen LogP contribution in [-0.4, -0.2) is 28.6 Å². The second-order valence-electron chi connectivity index (χ2n) is 4.08. The molecule has 1 fully saturated rings. The van der Waals surface area contributed by atoms with E-state index in [-0.39, 0.29) is 0 Å². The van der Waals surface area contributed by atoms with Gasteiger partial charge in [-0.25, -0.2) is 0 Å². The molecule has 0 aromatic carbocycles. The Balaban J connectivity index is 2.19. The third-order valence-electron chi connectivity index (χ3n) is 2.92. The molecular formula is C12H18ClNS3. The molecule has 1 aromatic heterocycles. The molecule has 0 saturated carbocycles. The van der Waals surface area contributed by atoms with Crippen molar-refractivity contribution in [2.24, 2.45) is 0 Å². The van der Waals surface area contributed by atoms with Crippen molar-refractivity contribution in [3.63, 3.8) is 0 Å². The first kappa shape index (κ1) is 14.1. The molecule has 1 saturated heterocycles. The summed E-state index contributed by atoms with van der Waals surface area (Å²) in [4.78, 5) is 1.31. The van der Waals surface area contributed by atoms with E-state index in [1.807, 2.05) is 6.07 Å². The highest BCUT2D eigenvalue weighted by molar-refractivity contribution is 8.07. The van der Waals surface area contributed by atoms with Gasteiger partial charge in [-0.05, 0) is 18.0 Å². The molecule has 0 bridgehead atoms. The lowest BCUT2D eigenvalue weighted by atomic mass is 10.1. The highest BCUT2D eigenvalue weighted by Crippen LogP contribution is 2.41. The van der Waals surface area contributed by atoms with Crippen LogP contribution in [0.25, 0.3) is 0 Å². The minimum Gasteiger partial charge on any atom is -0.309 e. The third-order valence-corrected chi connectivity index (χ3v) is 7.55. The van der Waals surface area contributed by atoms with Crippen molar-refractivity contribution in [3.05, 3.63) is 21.3 Å². The molecule has 96 valence electrons. The number of halogens is 1. The molecule has 1 nitrogen and oxygen atoms in total. The molecule has 0 aliphatic carbocycles. The van der Waals surface area contributed by atoms with Crippen molar-refractivity contribution in [2.75, 3.05) is 18.1 Å². The normalized spacial score (nSPS) is 27.0. The van der Waals surface area contributed by atoms with Gasteiger partial charge in [-0.2, -0.15) is 23.5 Å². The highest BCUT2D eigenvalue weighted by Gasteiger charge is 2.32. The molecule has 1 aliphatic rings. The van der Waals surface area contributed by atoms with Crippen LogP contribution < -0.4 is 5.32 Å². The summed E-state index contributed by atoms with van der Waals surface area (Å²) in [6.07, 6.45) is 0. The fourth-order valence-electron chi connectivity index (χ4n) is 2.12. The molecule has 5 heteroatoms. The number of nitrogens with one attached hydrogen (secondary N) is 1. The maximum Gasteiger partial charge on any atom is 0.0561 e. The van der Waals surface area contributed by atoms with Crippen LogP contribution in [0, 0.1) is 0 Å². The largest absolute Gasteiger partial charge is 0.309 e. The van der Waals surface area contributed by atoms with Crippen LogP contribution in [0.1, 0.15) is 24.8 Å². The molecule has 1 N–H and O–H groups in total. The zero-order chi connectivity index (χ0) is 12.3. The summed E-state index contributed by atoms with van der Waals surface area (Å²) in [6, 6.07) is 2.41. The van der Waals surface area contributed by atoms with Crippen LogP contribution in [0.3, 0.4) is 0 Å². The molecule has 0 amide bonds. The topological polar surface area (TPSA) is 12.0 Å². The molecule has 3 atom stereocenters. The quantitative estimate of drug-likeness (QED) is 0.891. The Labute approximate surface area is 121 Å². The Kier molecular flexibility index (Phi) is 5.55. The van der Waals surface area contributed by atoms with Crippen molar-refractivity contribution < 1.29 is 0 Å². The van der Waals surface area contributed by atoms with E-state index in [9.17, 15) is 0 Å². The second kappa shape index (κ2) is 6.71. The van der Waals surface area contributed by atoms with Gasteiger partial charge in [-0.1, -0.05) is 25.4 Å². The standard InChI is InChI=1S/C12H18ClNS3/c1-3-14-10(12-9(13)4-5-16-12)11-8(2)15-6-7-17-11/h4-5,8,10-11,14H,3,6-7H2,1-2H3. The fourth-order valence-corrected chi connectivity index (χ4v) is 6.43. The summed E-state index contributed by atoms with van der Waals surface area (Å²) in [7, 11) is 0. The Bertz CT molecular complexity index is 355. The predicted octanol–water partition coefficient (Wildman–Crippen LogP) is 4.29. The Hall–Kier alpha value is 0.650. The molecule has 17 heavy (non-hydrogen) atoms. The minimum atomic E-state index is 0.403. The lowest BCUT2D eigenvalue weighted by Gasteiger charge is -2.34. The third kappa shape index (κ3) is 3.35. The summed E-state index contributed by atoms with van der Waals surface area (Å²) in [5, 5.41) is 7.95. The number of thiophene rings is 1. The molecule has 2 heterocycles. The highest BCUT2D eigenvalue weighted by atomic mass is 35.5. The van der Waals surface area contributed by atoms with Crippen LogP contribution in [-0.2, 0) is 0 Å². The summed E-state index contributed by atoms with van der Waals surface area (Å²) in [5.41, 5.74) is 0.